The zero-order valence-corrected chi connectivity index (χ0v) is 11.5. The van der Waals surface area contributed by atoms with Gasteiger partial charge in [0.2, 0.25) is 5.91 Å². The predicted molar refractivity (Wildman–Crippen MR) is 74.2 cm³/mol. The maximum atomic E-state index is 12.3. The fourth-order valence-corrected chi connectivity index (χ4v) is 3.63. The molecule has 104 valence electrons. The lowest BCUT2D eigenvalue weighted by molar-refractivity contribution is -0.132. The predicted octanol–water partition coefficient (Wildman–Crippen LogP) is 2.59. The third-order valence-electron chi connectivity index (χ3n) is 5.00. The highest BCUT2D eigenvalue weighted by Gasteiger charge is 2.37. The maximum absolute atomic E-state index is 12.3. The molecule has 18 heavy (non-hydrogen) atoms. The number of rotatable bonds is 5. The molecule has 0 aromatic rings. The average Bonchev–Trinajstić information content (AvgIpc) is 2.92. The van der Waals surface area contributed by atoms with Crippen LogP contribution in [0.1, 0.15) is 64.2 Å². The van der Waals surface area contributed by atoms with E-state index in [4.69, 9.17) is 5.73 Å². The lowest BCUT2D eigenvalue weighted by Gasteiger charge is -2.34. The number of nitrogens with one attached hydrogen (secondary N) is 1. The topological polar surface area (TPSA) is 55.1 Å². The first kappa shape index (κ1) is 13.9. The van der Waals surface area contributed by atoms with Crippen LogP contribution in [0.2, 0.25) is 0 Å². The zero-order chi connectivity index (χ0) is 12.8. The van der Waals surface area contributed by atoms with Gasteiger partial charge in [-0.1, -0.05) is 44.9 Å². The molecule has 0 spiro atoms. The first-order chi connectivity index (χ1) is 8.77. The Morgan fingerprint density at radius 2 is 1.78 bits per heavy atom. The molecule has 0 radical (unpaired) electrons. The molecule has 2 saturated carbocycles. The summed E-state index contributed by atoms with van der Waals surface area (Å²) < 4.78 is 0. The van der Waals surface area contributed by atoms with Gasteiger partial charge in [0.15, 0.2) is 0 Å². The maximum Gasteiger partial charge on any atom is 0.227 e. The van der Waals surface area contributed by atoms with E-state index in [1.54, 1.807) is 0 Å². The van der Waals surface area contributed by atoms with Crippen molar-refractivity contribution in [2.45, 2.75) is 64.2 Å². The highest BCUT2D eigenvalue weighted by molar-refractivity contribution is 5.82. The summed E-state index contributed by atoms with van der Waals surface area (Å²) in [6.07, 6.45) is 12.2. The Balaban J connectivity index is 1.74. The molecule has 0 heterocycles. The second-order valence-corrected chi connectivity index (χ2v) is 6.24. The number of hydrogen-bond donors (Lipinski definition) is 2. The molecule has 0 aliphatic heterocycles. The molecule has 3 N–H and O–H groups in total. The van der Waals surface area contributed by atoms with Crippen molar-refractivity contribution in [3.63, 3.8) is 0 Å². The van der Waals surface area contributed by atoms with Crippen molar-refractivity contribution in [1.29, 1.82) is 0 Å². The quantitative estimate of drug-likeness (QED) is 0.790. The van der Waals surface area contributed by atoms with Gasteiger partial charge < -0.3 is 11.1 Å². The van der Waals surface area contributed by atoms with E-state index in [2.05, 4.69) is 5.32 Å². The molecule has 0 aromatic heterocycles. The monoisotopic (exact) mass is 252 g/mol. The first-order valence-electron chi connectivity index (χ1n) is 7.75. The van der Waals surface area contributed by atoms with E-state index < -0.39 is 0 Å². The van der Waals surface area contributed by atoms with E-state index in [-0.39, 0.29) is 11.3 Å². The number of carbonyl (C=O) groups is 1. The van der Waals surface area contributed by atoms with Gasteiger partial charge in [0, 0.05) is 13.1 Å². The number of amides is 1. The van der Waals surface area contributed by atoms with Gasteiger partial charge in [-0.25, -0.2) is 0 Å². The van der Waals surface area contributed by atoms with Crippen LogP contribution < -0.4 is 11.1 Å². The Kier molecular flexibility index (Phi) is 5.04. The van der Waals surface area contributed by atoms with E-state index in [1.807, 2.05) is 0 Å². The fourth-order valence-electron chi connectivity index (χ4n) is 3.63. The molecule has 3 nitrogen and oxygen atoms in total. The van der Waals surface area contributed by atoms with Crippen LogP contribution in [0, 0.1) is 11.3 Å². The van der Waals surface area contributed by atoms with Gasteiger partial charge in [-0.15, -0.1) is 0 Å². The van der Waals surface area contributed by atoms with Crippen molar-refractivity contribution in [2.75, 3.05) is 13.1 Å². The smallest absolute Gasteiger partial charge is 0.227 e. The molecule has 3 heteroatoms. The minimum absolute atomic E-state index is 0.225. The molecule has 1 amide bonds. The van der Waals surface area contributed by atoms with E-state index in [1.165, 1.54) is 32.1 Å². The molecule has 0 saturated heterocycles. The lowest BCUT2D eigenvalue weighted by atomic mass is 9.73. The summed E-state index contributed by atoms with van der Waals surface area (Å²) in [5.74, 6) is 1.08. The molecule has 2 fully saturated rings. The second-order valence-electron chi connectivity index (χ2n) is 6.24. The Labute approximate surface area is 111 Å². The summed E-state index contributed by atoms with van der Waals surface area (Å²) in [5.41, 5.74) is 5.63. The standard InChI is InChI=1S/C15H28N2O/c16-12-15(9-4-1-5-10-15)14(18)17-11-8-13-6-2-3-7-13/h13H,1-12,16H2,(H,17,18). The van der Waals surface area contributed by atoms with Crippen LogP contribution in [-0.4, -0.2) is 19.0 Å². The van der Waals surface area contributed by atoms with Gasteiger partial charge in [0.25, 0.3) is 0 Å². The highest BCUT2D eigenvalue weighted by Crippen LogP contribution is 2.35. The molecular formula is C15H28N2O. The summed E-state index contributed by atoms with van der Waals surface area (Å²) >= 11 is 0. The summed E-state index contributed by atoms with van der Waals surface area (Å²) in [5, 5.41) is 3.15. The first-order valence-corrected chi connectivity index (χ1v) is 7.75. The van der Waals surface area contributed by atoms with Crippen molar-refractivity contribution < 1.29 is 4.79 Å². The van der Waals surface area contributed by atoms with Crippen molar-refractivity contribution in [2.24, 2.45) is 17.1 Å². The normalized spacial score (nSPS) is 24.1. The molecule has 0 bridgehead atoms. The Morgan fingerprint density at radius 3 is 2.39 bits per heavy atom. The van der Waals surface area contributed by atoms with Gasteiger partial charge in [-0.05, 0) is 25.2 Å². The Bertz CT molecular complexity index is 266. The fraction of sp³-hybridized carbons (Fsp3) is 0.933. The van der Waals surface area contributed by atoms with E-state index in [0.29, 0.717) is 6.54 Å². The van der Waals surface area contributed by atoms with Gasteiger partial charge in [0.05, 0.1) is 5.41 Å². The highest BCUT2D eigenvalue weighted by atomic mass is 16.2. The van der Waals surface area contributed by atoms with E-state index >= 15 is 0 Å². The summed E-state index contributed by atoms with van der Waals surface area (Å²) in [4.78, 5) is 12.3. The Morgan fingerprint density at radius 1 is 1.11 bits per heavy atom. The summed E-state index contributed by atoms with van der Waals surface area (Å²) in [6, 6.07) is 0. The van der Waals surface area contributed by atoms with E-state index in [9.17, 15) is 4.79 Å². The molecule has 0 aromatic carbocycles. The van der Waals surface area contributed by atoms with Crippen LogP contribution in [0.4, 0.5) is 0 Å². The lowest BCUT2D eigenvalue weighted by Crippen LogP contribution is -2.47. The number of carbonyl (C=O) groups excluding carboxylic acids is 1. The molecular weight excluding hydrogens is 224 g/mol. The third kappa shape index (κ3) is 3.25. The molecule has 2 aliphatic rings. The van der Waals surface area contributed by atoms with Crippen LogP contribution in [0.5, 0.6) is 0 Å². The van der Waals surface area contributed by atoms with Crippen molar-refractivity contribution in [3.05, 3.63) is 0 Å². The third-order valence-corrected chi connectivity index (χ3v) is 5.00. The average molecular weight is 252 g/mol. The zero-order valence-electron chi connectivity index (χ0n) is 11.5. The van der Waals surface area contributed by atoms with Crippen molar-refractivity contribution >= 4 is 5.91 Å². The van der Waals surface area contributed by atoms with Crippen LogP contribution in [-0.2, 0) is 4.79 Å². The van der Waals surface area contributed by atoms with E-state index in [0.717, 1.165) is 44.6 Å². The molecule has 2 rings (SSSR count). The minimum atomic E-state index is -0.242. The van der Waals surface area contributed by atoms with Crippen molar-refractivity contribution in [3.8, 4) is 0 Å². The molecule has 0 atom stereocenters. The van der Waals surface area contributed by atoms with Crippen LogP contribution in [0.25, 0.3) is 0 Å². The second kappa shape index (κ2) is 6.55. The van der Waals surface area contributed by atoms with Crippen LogP contribution in [0.15, 0.2) is 0 Å². The number of nitrogens with two attached hydrogens (primary N) is 1. The molecule has 2 aliphatic carbocycles. The van der Waals surface area contributed by atoms with Gasteiger partial charge >= 0.3 is 0 Å². The Hall–Kier alpha value is -0.570. The van der Waals surface area contributed by atoms with Crippen LogP contribution in [0.3, 0.4) is 0 Å². The number of hydrogen-bond acceptors (Lipinski definition) is 2. The van der Waals surface area contributed by atoms with Gasteiger partial charge in [0.1, 0.15) is 0 Å². The summed E-state index contributed by atoms with van der Waals surface area (Å²) in [6.45, 7) is 1.37. The van der Waals surface area contributed by atoms with Gasteiger partial charge in [-0.3, -0.25) is 4.79 Å². The van der Waals surface area contributed by atoms with Crippen molar-refractivity contribution in [1.82, 2.24) is 5.32 Å². The molecule has 0 unspecified atom stereocenters. The van der Waals surface area contributed by atoms with Gasteiger partial charge in [-0.2, -0.15) is 0 Å². The van der Waals surface area contributed by atoms with Crippen LogP contribution >= 0.6 is 0 Å². The SMILES string of the molecule is NCC1(C(=O)NCCC2CCCC2)CCCCC1. The largest absolute Gasteiger partial charge is 0.356 e. The summed E-state index contributed by atoms with van der Waals surface area (Å²) in [7, 11) is 0. The minimum Gasteiger partial charge on any atom is -0.356 e.